The van der Waals surface area contributed by atoms with E-state index in [4.69, 9.17) is 19.9 Å². The third-order valence-corrected chi connectivity index (χ3v) is 3.67. The Morgan fingerprint density at radius 3 is 2.54 bits per heavy atom. The highest BCUT2D eigenvalue weighted by Crippen LogP contribution is 2.35. The molecule has 6 heteroatoms. The molecule has 0 saturated heterocycles. The van der Waals surface area contributed by atoms with Crippen molar-refractivity contribution in [3.05, 3.63) is 35.9 Å². The second-order valence-electron chi connectivity index (χ2n) is 5.34. The number of ether oxygens (including phenoxy) is 3. The molecule has 0 aliphatic rings. The maximum Gasteiger partial charge on any atom is 0.128 e. The van der Waals surface area contributed by atoms with Gasteiger partial charge in [0.2, 0.25) is 0 Å². The number of nitrogens with zero attached hydrogens (tertiary/aromatic N) is 1. The van der Waals surface area contributed by atoms with Crippen molar-refractivity contribution in [1.82, 2.24) is 10.3 Å². The van der Waals surface area contributed by atoms with Crippen molar-refractivity contribution in [3.63, 3.8) is 0 Å². The topological polar surface area (TPSA) is 78.6 Å². The summed E-state index contributed by atoms with van der Waals surface area (Å²) < 4.78 is 16.1. The number of anilines is 1. The Kier molecular flexibility index (Phi) is 6.84. The maximum atomic E-state index is 5.79. The van der Waals surface area contributed by atoms with E-state index in [1.807, 2.05) is 24.3 Å². The number of nitrogens with one attached hydrogen (secondary N) is 1. The average Bonchev–Trinajstić information content (AvgIpc) is 2.61. The summed E-state index contributed by atoms with van der Waals surface area (Å²) in [7, 11) is 5.01. The van der Waals surface area contributed by atoms with Crippen LogP contribution in [0.2, 0.25) is 0 Å². The summed E-state index contributed by atoms with van der Waals surface area (Å²) in [6, 6.07) is 9.44. The van der Waals surface area contributed by atoms with Crippen molar-refractivity contribution < 1.29 is 14.2 Å². The van der Waals surface area contributed by atoms with Crippen LogP contribution >= 0.6 is 0 Å². The van der Waals surface area contributed by atoms with E-state index >= 15 is 0 Å². The van der Waals surface area contributed by atoms with E-state index in [0.29, 0.717) is 12.4 Å². The zero-order chi connectivity index (χ0) is 17.4. The summed E-state index contributed by atoms with van der Waals surface area (Å²) in [5, 5.41) is 3.38. The largest absolute Gasteiger partial charge is 0.496 e. The number of benzene rings is 1. The Balaban J connectivity index is 2.25. The van der Waals surface area contributed by atoms with Crippen molar-refractivity contribution in [2.24, 2.45) is 0 Å². The molecular formula is C18H25N3O3. The second-order valence-corrected chi connectivity index (χ2v) is 5.34. The third kappa shape index (κ3) is 4.59. The summed E-state index contributed by atoms with van der Waals surface area (Å²) in [4.78, 5) is 4.37. The highest BCUT2D eigenvalue weighted by Gasteiger charge is 2.14. The van der Waals surface area contributed by atoms with Crippen LogP contribution in [0.4, 0.5) is 5.82 Å². The Hall–Kier alpha value is -2.31. The van der Waals surface area contributed by atoms with Gasteiger partial charge in [0.15, 0.2) is 0 Å². The van der Waals surface area contributed by atoms with Crippen LogP contribution in [0.3, 0.4) is 0 Å². The van der Waals surface area contributed by atoms with E-state index < -0.39 is 0 Å². The molecule has 1 heterocycles. The summed E-state index contributed by atoms with van der Waals surface area (Å²) in [6.07, 6.45) is 0.960. The number of nitrogens with two attached hydrogens (primary N) is 1. The maximum absolute atomic E-state index is 5.79. The Labute approximate surface area is 142 Å². The van der Waals surface area contributed by atoms with Crippen LogP contribution in [0.5, 0.6) is 11.5 Å². The van der Waals surface area contributed by atoms with Crippen molar-refractivity contribution in [1.29, 1.82) is 0 Å². The lowest BCUT2D eigenvalue weighted by Crippen LogP contribution is -2.16. The Morgan fingerprint density at radius 1 is 1.08 bits per heavy atom. The van der Waals surface area contributed by atoms with Crippen LogP contribution in [-0.2, 0) is 11.3 Å². The first kappa shape index (κ1) is 18.0. The Morgan fingerprint density at radius 2 is 1.88 bits per heavy atom. The van der Waals surface area contributed by atoms with E-state index in [1.54, 1.807) is 27.4 Å². The standard InChI is InChI=1S/C18H25N3O3/c1-22-9-5-8-20-12-13-10-17(24-3)14(11-16(13)23-2)15-6-4-7-18(19)21-15/h4,6-7,10-11,20H,5,8-9,12H2,1-3H3,(H2,19,21). The Bertz CT molecular complexity index is 662. The van der Waals surface area contributed by atoms with Crippen LogP contribution < -0.4 is 20.5 Å². The highest BCUT2D eigenvalue weighted by atomic mass is 16.5. The molecule has 1 aromatic carbocycles. The lowest BCUT2D eigenvalue weighted by molar-refractivity contribution is 0.194. The molecule has 0 bridgehead atoms. The van der Waals surface area contributed by atoms with Gasteiger partial charge in [0.05, 0.1) is 19.9 Å². The van der Waals surface area contributed by atoms with E-state index in [-0.39, 0.29) is 0 Å². The van der Waals surface area contributed by atoms with E-state index in [2.05, 4.69) is 10.3 Å². The van der Waals surface area contributed by atoms with Gasteiger partial charge in [-0.15, -0.1) is 0 Å². The first-order chi connectivity index (χ1) is 11.7. The number of hydrogen-bond donors (Lipinski definition) is 2. The molecule has 6 nitrogen and oxygen atoms in total. The van der Waals surface area contributed by atoms with Crippen molar-refractivity contribution in [2.75, 3.05) is 40.2 Å². The molecule has 24 heavy (non-hydrogen) atoms. The summed E-state index contributed by atoms with van der Waals surface area (Å²) in [5.74, 6) is 1.99. The van der Waals surface area contributed by atoms with E-state index in [9.17, 15) is 0 Å². The molecule has 2 rings (SSSR count). The monoisotopic (exact) mass is 331 g/mol. The molecule has 0 unspecified atom stereocenters. The zero-order valence-electron chi connectivity index (χ0n) is 14.5. The lowest BCUT2D eigenvalue weighted by Gasteiger charge is -2.15. The minimum absolute atomic E-state index is 0.470. The molecule has 3 N–H and O–H groups in total. The van der Waals surface area contributed by atoms with Crippen molar-refractivity contribution in [2.45, 2.75) is 13.0 Å². The fraction of sp³-hybridized carbons (Fsp3) is 0.389. The molecule has 0 aliphatic carbocycles. The lowest BCUT2D eigenvalue weighted by atomic mass is 10.0. The summed E-state index contributed by atoms with van der Waals surface area (Å²) >= 11 is 0. The second kappa shape index (κ2) is 9.10. The van der Waals surface area contributed by atoms with Gasteiger partial charge in [-0.05, 0) is 37.2 Å². The number of rotatable bonds is 9. The van der Waals surface area contributed by atoms with Gasteiger partial charge in [0.25, 0.3) is 0 Å². The molecular weight excluding hydrogens is 306 g/mol. The fourth-order valence-electron chi connectivity index (χ4n) is 2.47. The number of pyridine rings is 1. The molecule has 0 radical (unpaired) electrons. The number of nitrogen functional groups attached to an aromatic ring is 1. The molecule has 0 atom stereocenters. The van der Waals surface area contributed by atoms with Gasteiger partial charge < -0.3 is 25.3 Å². The summed E-state index contributed by atoms with van der Waals surface area (Å²) in [6.45, 7) is 2.30. The molecule has 0 spiro atoms. The normalized spacial score (nSPS) is 10.6. The number of methoxy groups -OCH3 is 3. The van der Waals surface area contributed by atoms with Gasteiger partial charge in [-0.1, -0.05) is 6.07 Å². The van der Waals surface area contributed by atoms with Crippen LogP contribution in [0.25, 0.3) is 11.3 Å². The van der Waals surface area contributed by atoms with Crippen LogP contribution in [0.1, 0.15) is 12.0 Å². The number of hydrogen-bond acceptors (Lipinski definition) is 6. The van der Waals surface area contributed by atoms with Crippen LogP contribution in [-0.4, -0.2) is 39.5 Å². The zero-order valence-corrected chi connectivity index (χ0v) is 14.5. The number of aromatic nitrogens is 1. The fourth-order valence-corrected chi connectivity index (χ4v) is 2.47. The van der Waals surface area contributed by atoms with Crippen molar-refractivity contribution in [3.8, 4) is 22.8 Å². The van der Waals surface area contributed by atoms with Crippen LogP contribution in [0.15, 0.2) is 30.3 Å². The van der Waals surface area contributed by atoms with E-state index in [1.165, 1.54) is 0 Å². The molecule has 130 valence electrons. The molecule has 1 aromatic heterocycles. The van der Waals surface area contributed by atoms with E-state index in [0.717, 1.165) is 47.9 Å². The molecule has 0 aliphatic heterocycles. The van der Waals surface area contributed by atoms with Crippen molar-refractivity contribution >= 4 is 5.82 Å². The quantitative estimate of drug-likeness (QED) is 0.687. The smallest absolute Gasteiger partial charge is 0.128 e. The minimum Gasteiger partial charge on any atom is -0.496 e. The van der Waals surface area contributed by atoms with Gasteiger partial charge in [-0.3, -0.25) is 0 Å². The third-order valence-electron chi connectivity index (χ3n) is 3.67. The first-order valence-corrected chi connectivity index (χ1v) is 7.87. The molecule has 2 aromatic rings. The average molecular weight is 331 g/mol. The highest BCUT2D eigenvalue weighted by molar-refractivity contribution is 5.71. The van der Waals surface area contributed by atoms with Gasteiger partial charge in [-0.2, -0.15) is 0 Å². The SMILES string of the molecule is COCCCNCc1cc(OC)c(-c2cccc(N)n2)cc1OC. The van der Waals surface area contributed by atoms with Gasteiger partial charge >= 0.3 is 0 Å². The minimum atomic E-state index is 0.470. The molecule has 0 saturated carbocycles. The summed E-state index contributed by atoms with van der Waals surface area (Å²) in [5.41, 5.74) is 8.42. The predicted octanol–water partition coefficient (Wildman–Crippen LogP) is 2.47. The van der Waals surface area contributed by atoms with Gasteiger partial charge in [0, 0.05) is 31.4 Å². The predicted molar refractivity (Wildman–Crippen MR) is 95.4 cm³/mol. The van der Waals surface area contributed by atoms with Gasteiger partial charge in [0.1, 0.15) is 17.3 Å². The first-order valence-electron chi connectivity index (χ1n) is 7.87. The molecule has 0 amide bonds. The van der Waals surface area contributed by atoms with Crippen LogP contribution in [0, 0.1) is 0 Å². The molecule has 0 fully saturated rings. The van der Waals surface area contributed by atoms with Gasteiger partial charge in [-0.25, -0.2) is 4.98 Å².